The number of rotatable bonds is 4. The highest BCUT2D eigenvalue weighted by atomic mass is 16.3. The Balaban J connectivity index is 1.88. The van der Waals surface area contributed by atoms with E-state index in [1.165, 1.54) is 0 Å². The molecule has 2 heterocycles. The Labute approximate surface area is 141 Å². The van der Waals surface area contributed by atoms with Crippen LogP contribution >= 0.6 is 0 Å². The van der Waals surface area contributed by atoms with Crippen molar-refractivity contribution < 1.29 is 9.21 Å². The van der Waals surface area contributed by atoms with Crippen LogP contribution in [0.5, 0.6) is 0 Å². The first kappa shape index (κ1) is 14.9. The highest BCUT2D eigenvalue weighted by Crippen LogP contribution is 2.32. The Morgan fingerprint density at radius 2 is 2.00 bits per heavy atom. The number of hydrogen-bond acceptors (Lipinski definition) is 3. The minimum Gasteiger partial charge on any atom is -0.463 e. The molecular weight excluding hydrogens is 300 g/mol. The van der Waals surface area contributed by atoms with Crippen LogP contribution in [0.3, 0.4) is 0 Å². The molecular formula is C20H20N2O2. The van der Waals surface area contributed by atoms with E-state index in [-0.39, 0.29) is 11.9 Å². The Kier molecular flexibility index (Phi) is 3.60. The van der Waals surface area contributed by atoms with Crippen molar-refractivity contribution in [3.05, 3.63) is 54.3 Å². The lowest BCUT2D eigenvalue weighted by Crippen LogP contribution is -2.38. The number of pyridine rings is 1. The Hall–Kier alpha value is -2.62. The van der Waals surface area contributed by atoms with Crippen molar-refractivity contribution in [2.75, 3.05) is 0 Å². The third kappa shape index (κ3) is 2.58. The van der Waals surface area contributed by atoms with Gasteiger partial charge in [-0.2, -0.15) is 0 Å². The van der Waals surface area contributed by atoms with Gasteiger partial charge in [0.2, 0.25) is 0 Å². The van der Waals surface area contributed by atoms with E-state index < -0.39 is 0 Å². The van der Waals surface area contributed by atoms with Crippen molar-refractivity contribution in [1.29, 1.82) is 0 Å². The molecule has 0 bridgehead atoms. The molecule has 122 valence electrons. The smallest absolute Gasteiger partial charge is 0.255 e. The molecule has 1 aliphatic rings. The summed E-state index contributed by atoms with van der Waals surface area (Å²) < 4.78 is 5.48. The van der Waals surface area contributed by atoms with Gasteiger partial charge in [-0.25, -0.2) is 4.98 Å². The van der Waals surface area contributed by atoms with Crippen LogP contribution < -0.4 is 0 Å². The molecule has 3 aromatic rings. The summed E-state index contributed by atoms with van der Waals surface area (Å²) in [7, 11) is 0. The van der Waals surface area contributed by atoms with Crippen molar-refractivity contribution in [1.82, 2.24) is 9.88 Å². The molecule has 1 amide bonds. The van der Waals surface area contributed by atoms with Crippen molar-refractivity contribution in [2.45, 2.75) is 38.8 Å². The van der Waals surface area contributed by atoms with E-state index >= 15 is 0 Å². The second-order valence-corrected chi connectivity index (χ2v) is 6.59. The minimum atomic E-state index is 0.0823. The highest BCUT2D eigenvalue weighted by molar-refractivity contribution is 6.07. The first-order chi connectivity index (χ1) is 11.6. The predicted molar refractivity (Wildman–Crippen MR) is 93.8 cm³/mol. The third-order valence-electron chi connectivity index (χ3n) is 4.45. The second-order valence-electron chi connectivity index (χ2n) is 6.59. The molecule has 1 fully saturated rings. The van der Waals surface area contributed by atoms with E-state index in [9.17, 15) is 4.79 Å². The van der Waals surface area contributed by atoms with Gasteiger partial charge in [-0.3, -0.25) is 4.79 Å². The van der Waals surface area contributed by atoms with Crippen molar-refractivity contribution in [3.63, 3.8) is 0 Å². The number of benzene rings is 1. The van der Waals surface area contributed by atoms with Gasteiger partial charge in [-0.1, -0.05) is 18.2 Å². The normalized spacial score (nSPS) is 14.3. The lowest BCUT2D eigenvalue weighted by Gasteiger charge is -2.27. The average molecular weight is 320 g/mol. The van der Waals surface area contributed by atoms with E-state index in [4.69, 9.17) is 4.42 Å². The van der Waals surface area contributed by atoms with Gasteiger partial charge in [0.1, 0.15) is 5.69 Å². The summed E-state index contributed by atoms with van der Waals surface area (Å²) in [6.45, 7) is 4.15. The van der Waals surface area contributed by atoms with Gasteiger partial charge in [0, 0.05) is 17.5 Å². The van der Waals surface area contributed by atoms with E-state index in [2.05, 4.69) is 18.8 Å². The van der Waals surface area contributed by atoms with Crippen LogP contribution in [0, 0.1) is 0 Å². The zero-order chi connectivity index (χ0) is 16.7. The first-order valence-electron chi connectivity index (χ1n) is 8.41. The van der Waals surface area contributed by atoms with Gasteiger partial charge in [0.25, 0.3) is 5.91 Å². The molecule has 4 nitrogen and oxygen atoms in total. The molecule has 0 aliphatic heterocycles. The fourth-order valence-corrected chi connectivity index (χ4v) is 3.22. The molecule has 4 heteroatoms. The fourth-order valence-electron chi connectivity index (χ4n) is 3.22. The number of para-hydroxylation sites is 1. The van der Waals surface area contributed by atoms with E-state index in [1.54, 1.807) is 6.26 Å². The first-order valence-corrected chi connectivity index (χ1v) is 8.41. The number of hydrogen-bond donors (Lipinski definition) is 0. The molecule has 0 spiro atoms. The molecule has 1 aliphatic carbocycles. The largest absolute Gasteiger partial charge is 0.463 e. The predicted octanol–water partition coefficient (Wildman–Crippen LogP) is 4.51. The van der Waals surface area contributed by atoms with Crippen LogP contribution in [0.2, 0.25) is 0 Å². The summed E-state index contributed by atoms with van der Waals surface area (Å²) in [5.41, 5.74) is 2.21. The molecule has 2 aromatic heterocycles. The van der Waals surface area contributed by atoms with Crippen LogP contribution in [0.4, 0.5) is 0 Å². The number of fused-ring (bicyclic) bond motifs is 1. The molecule has 0 saturated heterocycles. The summed E-state index contributed by atoms with van der Waals surface area (Å²) in [6.07, 6.45) is 3.81. The number of aromatic nitrogens is 1. The average Bonchev–Trinajstić information content (AvgIpc) is 3.25. The standard InChI is InChI=1S/C20H20N2O2/c1-13(2)22(14-9-10-14)20(23)16-12-18(19-8-5-11-24-19)21-17-7-4-3-6-15(16)17/h3-8,11-14H,9-10H2,1-2H3. The topological polar surface area (TPSA) is 46.3 Å². The number of nitrogens with zero attached hydrogens (tertiary/aromatic N) is 2. The quantitative estimate of drug-likeness (QED) is 0.710. The maximum absolute atomic E-state index is 13.3. The van der Waals surface area contributed by atoms with Gasteiger partial charge < -0.3 is 9.32 Å². The number of amides is 1. The van der Waals surface area contributed by atoms with Crippen LogP contribution in [0.25, 0.3) is 22.4 Å². The summed E-state index contributed by atoms with van der Waals surface area (Å²) in [5, 5.41) is 0.893. The summed E-state index contributed by atoms with van der Waals surface area (Å²) >= 11 is 0. The molecule has 24 heavy (non-hydrogen) atoms. The summed E-state index contributed by atoms with van der Waals surface area (Å²) in [5.74, 6) is 0.760. The van der Waals surface area contributed by atoms with Crippen LogP contribution in [-0.4, -0.2) is 27.9 Å². The maximum atomic E-state index is 13.3. The van der Waals surface area contributed by atoms with Gasteiger partial charge >= 0.3 is 0 Å². The molecule has 0 atom stereocenters. The van der Waals surface area contributed by atoms with E-state index in [1.807, 2.05) is 47.4 Å². The number of carbonyl (C=O) groups is 1. The Bertz CT molecular complexity index is 878. The SMILES string of the molecule is CC(C)N(C(=O)c1cc(-c2ccco2)nc2ccccc12)C1CC1. The Morgan fingerprint density at radius 1 is 1.21 bits per heavy atom. The number of furan rings is 1. The van der Waals surface area contributed by atoms with Gasteiger partial charge in [0.05, 0.1) is 17.3 Å². The van der Waals surface area contributed by atoms with Crippen molar-refractivity contribution in [3.8, 4) is 11.5 Å². The molecule has 1 aromatic carbocycles. The summed E-state index contributed by atoms with van der Waals surface area (Å²) in [6, 6.07) is 13.9. The van der Waals surface area contributed by atoms with Crippen molar-refractivity contribution >= 4 is 16.8 Å². The lowest BCUT2D eigenvalue weighted by molar-refractivity contribution is 0.0692. The zero-order valence-electron chi connectivity index (χ0n) is 13.9. The molecule has 0 N–H and O–H groups in total. The fraction of sp³-hybridized carbons (Fsp3) is 0.300. The second kappa shape index (κ2) is 5.78. The van der Waals surface area contributed by atoms with E-state index in [0.29, 0.717) is 23.1 Å². The molecule has 1 saturated carbocycles. The molecule has 0 radical (unpaired) electrons. The monoisotopic (exact) mass is 320 g/mol. The lowest BCUT2D eigenvalue weighted by atomic mass is 10.0. The molecule has 0 unspecified atom stereocenters. The third-order valence-corrected chi connectivity index (χ3v) is 4.45. The van der Waals surface area contributed by atoms with Gasteiger partial charge in [0.15, 0.2) is 5.76 Å². The minimum absolute atomic E-state index is 0.0823. The van der Waals surface area contributed by atoms with E-state index in [0.717, 1.165) is 23.7 Å². The zero-order valence-corrected chi connectivity index (χ0v) is 13.9. The number of carbonyl (C=O) groups excluding carboxylic acids is 1. The molecule has 4 rings (SSSR count). The Morgan fingerprint density at radius 3 is 2.67 bits per heavy atom. The van der Waals surface area contributed by atoms with Crippen LogP contribution in [-0.2, 0) is 0 Å². The van der Waals surface area contributed by atoms with Crippen molar-refractivity contribution in [2.24, 2.45) is 0 Å². The highest BCUT2D eigenvalue weighted by Gasteiger charge is 2.35. The van der Waals surface area contributed by atoms with Gasteiger partial charge in [-0.05, 0) is 51.0 Å². The van der Waals surface area contributed by atoms with Crippen LogP contribution in [0.15, 0.2) is 53.1 Å². The maximum Gasteiger partial charge on any atom is 0.255 e. The van der Waals surface area contributed by atoms with Gasteiger partial charge in [-0.15, -0.1) is 0 Å². The summed E-state index contributed by atoms with van der Waals surface area (Å²) in [4.78, 5) is 19.9. The van der Waals surface area contributed by atoms with Crippen LogP contribution in [0.1, 0.15) is 37.0 Å².